The summed E-state index contributed by atoms with van der Waals surface area (Å²) in [5.41, 5.74) is 0.527. The van der Waals surface area contributed by atoms with E-state index in [4.69, 9.17) is 0 Å². The van der Waals surface area contributed by atoms with Gasteiger partial charge in [0.2, 0.25) is 0 Å². The summed E-state index contributed by atoms with van der Waals surface area (Å²) >= 11 is 0. The van der Waals surface area contributed by atoms with Crippen molar-refractivity contribution in [2.45, 2.75) is 0 Å². The first kappa shape index (κ1) is 11.9. The molecular weight excluding hydrogens is 258 g/mol. The molecule has 100 valence electrons. The zero-order valence-corrected chi connectivity index (χ0v) is 10.4. The highest BCUT2D eigenvalue weighted by molar-refractivity contribution is 5.43. The normalized spacial score (nSPS) is 11.7. The lowest BCUT2D eigenvalue weighted by Gasteiger charge is -1.98. The van der Waals surface area contributed by atoms with Crippen LogP contribution in [0.5, 0.6) is 0 Å². The topological polar surface area (TPSA) is 104 Å². The van der Waals surface area contributed by atoms with E-state index >= 15 is 0 Å². The summed E-state index contributed by atoms with van der Waals surface area (Å²) in [4.78, 5) is 12.3. The van der Waals surface area contributed by atoms with E-state index < -0.39 is 0 Å². The second-order valence-electron chi connectivity index (χ2n) is 4.00. The lowest BCUT2D eigenvalue weighted by Crippen LogP contribution is -2.34. The number of nitrogens with zero attached hydrogens (tertiary/aromatic N) is 4. The summed E-state index contributed by atoms with van der Waals surface area (Å²) in [6.07, 6.45) is 1.49. The van der Waals surface area contributed by atoms with Crippen LogP contribution in [0.4, 0.5) is 5.95 Å². The second-order valence-corrected chi connectivity index (χ2v) is 4.00. The van der Waals surface area contributed by atoms with Gasteiger partial charge in [0.1, 0.15) is 0 Å². The van der Waals surface area contributed by atoms with Gasteiger partial charge in [-0.2, -0.15) is 5.21 Å². The van der Waals surface area contributed by atoms with Crippen LogP contribution in [-0.4, -0.2) is 30.4 Å². The fourth-order valence-corrected chi connectivity index (χ4v) is 1.76. The Hall–Kier alpha value is -3.16. The molecular formula is C12H11N7O. The maximum Gasteiger partial charge on any atom is 0.280 e. The maximum absolute atomic E-state index is 12.3. The van der Waals surface area contributed by atoms with Crippen molar-refractivity contribution in [3.63, 3.8) is 0 Å². The Morgan fingerprint density at radius 1 is 1.30 bits per heavy atom. The first-order chi connectivity index (χ1) is 9.75. The second kappa shape index (κ2) is 4.84. The van der Waals surface area contributed by atoms with Crippen molar-refractivity contribution in [2.75, 3.05) is 5.32 Å². The predicted octanol–water partition coefficient (Wildman–Crippen LogP) is -1.06. The maximum atomic E-state index is 12.3. The van der Waals surface area contributed by atoms with Gasteiger partial charge in [-0.1, -0.05) is 29.9 Å². The third-order valence-electron chi connectivity index (χ3n) is 2.71. The molecule has 0 saturated heterocycles. The van der Waals surface area contributed by atoms with Crippen molar-refractivity contribution in [2.24, 2.45) is 0 Å². The first-order valence-corrected chi connectivity index (χ1v) is 5.81. The summed E-state index contributed by atoms with van der Waals surface area (Å²) < 4.78 is 1.42. The predicted molar refractivity (Wildman–Crippen MR) is 73.4 cm³/mol. The number of para-hydroxylation sites is 1. The molecule has 8 heteroatoms. The minimum Gasteiger partial charge on any atom is -0.327 e. The molecule has 0 unspecified atom stereocenters. The minimum absolute atomic E-state index is 0.211. The largest absolute Gasteiger partial charge is 0.327 e. The number of aromatic nitrogens is 6. The molecule has 3 rings (SSSR count). The van der Waals surface area contributed by atoms with E-state index in [0.29, 0.717) is 10.6 Å². The van der Waals surface area contributed by atoms with Gasteiger partial charge in [-0.3, -0.25) is 9.89 Å². The van der Waals surface area contributed by atoms with Gasteiger partial charge < -0.3 is 5.32 Å². The molecule has 1 aromatic carbocycles. The summed E-state index contributed by atoms with van der Waals surface area (Å²) in [6.45, 7) is 3.82. The van der Waals surface area contributed by atoms with Gasteiger partial charge >= 0.3 is 0 Å². The average Bonchev–Trinajstić information content (AvgIpc) is 3.07. The first-order valence-electron chi connectivity index (χ1n) is 5.81. The molecule has 0 aliphatic rings. The molecule has 0 aliphatic carbocycles. The molecule has 0 fully saturated rings. The average molecular weight is 269 g/mol. The van der Waals surface area contributed by atoms with Crippen LogP contribution in [0.3, 0.4) is 0 Å². The number of hydrogen-bond donors (Lipinski definition) is 3. The Morgan fingerprint density at radius 3 is 2.80 bits per heavy atom. The fourth-order valence-electron chi connectivity index (χ4n) is 1.76. The molecule has 3 aromatic rings. The highest BCUT2D eigenvalue weighted by Crippen LogP contribution is 1.99. The Morgan fingerprint density at radius 2 is 2.10 bits per heavy atom. The van der Waals surface area contributed by atoms with Crippen molar-refractivity contribution in [1.82, 2.24) is 30.4 Å². The number of hydrogen-bond acceptors (Lipinski definition) is 5. The fraction of sp³-hybridized carbons (Fsp3) is 0. The number of aromatic amines is 2. The van der Waals surface area contributed by atoms with E-state index in [2.05, 4.69) is 37.6 Å². The number of benzene rings is 1. The molecule has 0 amide bonds. The van der Waals surface area contributed by atoms with Gasteiger partial charge in [0.25, 0.3) is 11.5 Å². The van der Waals surface area contributed by atoms with E-state index in [0.717, 1.165) is 5.69 Å². The Labute approximate surface area is 112 Å². The van der Waals surface area contributed by atoms with Crippen LogP contribution < -0.4 is 21.4 Å². The highest BCUT2D eigenvalue weighted by Gasteiger charge is 2.04. The molecule has 2 aromatic heterocycles. The van der Waals surface area contributed by atoms with Gasteiger partial charge in [0.15, 0.2) is 0 Å². The van der Waals surface area contributed by atoms with Crippen molar-refractivity contribution < 1.29 is 0 Å². The number of anilines is 1. The van der Waals surface area contributed by atoms with Crippen LogP contribution in [-0.2, 0) is 0 Å². The van der Waals surface area contributed by atoms with Crippen LogP contribution in [0.25, 0.3) is 18.5 Å². The van der Waals surface area contributed by atoms with Crippen LogP contribution in [0.15, 0.2) is 35.1 Å². The lowest BCUT2D eigenvalue weighted by atomic mass is 10.3. The quantitative estimate of drug-likeness (QED) is 0.562. The molecule has 20 heavy (non-hydrogen) atoms. The van der Waals surface area contributed by atoms with Crippen LogP contribution >= 0.6 is 0 Å². The van der Waals surface area contributed by atoms with E-state index in [9.17, 15) is 4.79 Å². The Kier molecular flexibility index (Phi) is 2.88. The number of tetrazole rings is 1. The number of rotatable bonds is 3. The van der Waals surface area contributed by atoms with Crippen LogP contribution in [0.1, 0.15) is 0 Å². The van der Waals surface area contributed by atoms with Gasteiger partial charge in [-0.15, -0.1) is 5.10 Å². The molecule has 0 spiro atoms. The van der Waals surface area contributed by atoms with Gasteiger partial charge in [-0.25, -0.2) is 4.68 Å². The van der Waals surface area contributed by atoms with Gasteiger partial charge in [0.05, 0.1) is 16.3 Å². The summed E-state index contributed by atoms with van der Waals surface area (Å²) in [6, 6.07) is 9.24. The monoisotopic (exact) mass is 269 g/mol. The van der Waals surface area contributed by atoms with Crippen molar-refractivity contribution in [1.29, 1.82) is 0 Å². The number of nitrogens with one attached hydrogen (secondary N) is 3. The SMILES string of the molecule is C=c1[nH]n(-c2ccccc2)c(=O)c1=CNc1nn[nH]n1. The van der Waals surface area contributed by atoms with Crippen LogP contribution in [0.2, 0.25) is 0 Å². The van der Waals surface area contributed by atoms with Gasteiger partial charge in [0, 0.05) is 6.20 Å². The Balaban J connectivity index is 2.06. The third-order valence-corrected chi connectivity index (χ3v) is 2.71. The van der Waals surface area contributed by atoms with Crippen molar-refractivity contribution in [3.05, 3.63) is 51.3 Å². The summed E-state index contributed by atoms with van der Waals surface area (Å²) in [7, 11) is 0. The zero-order chi connectivity index (χ0) is 13.9. The van der Waals surface area contributed by atoms with E-state index in [1.165, 1.54) is 10.9 Å². The standard InChI is InChI=1S/C12H11N7O/c1-8-10(7-13-12-14-17-18-15-12)11(20)19(16-8)9-5-3-2-4-6-9/h2-7,16H,1H2,(H2,13,14,15,17,18). The lowest BCUT2D eigenvalue weighted by molar-refractivity contribution is 0.838. The van der Waals surface area contributed by atoms with Crippen molar-refractivity contribution >= 4 is 18.7 Å². The summed E-state index contributed by atoms with van der Waals surface area (Å²) in [5.74, 6) is 0.274. The van der Waals surface area contributed by atoms with Crippen LogP contribution in [0, 0.1) is 0 Å². The molecule has 0 aliphatic heterocycles. The molecule has 0 radical (unpaired) electrons. The highest BCUT2D eigenvalue weighted by atomic mass is 16.1. The van der Waals surface area contributed by atoms with Crippen molar-refractivity contribution in [3.8, 4) is 5.69 Å². The third kappa shape index (κ3) is 2.09. The van der Waals surface area contributed by atoms with Gasteiger partial charge in [-0.05, 0) is 17.3 Å². The molecule has 3 N–H and O–H groups in total. The molecule has 0 saturated carbocycles. The van der Waals surface area contributed by atoms with E-state index in [-0.39, 0.29) is 11.5 Å². The molecule has 8 nitrogen and oxygen atoms in total. The summed E-state index contributed by atoms with van der Waals surface area (Å²) in [5, 5.41) is 19.8. The smallest absolute Gasteiger partial charge is 0.280 e. The van der Waals surface area contributed by atoms with E-state index in [1.54, 1.807) is 0 Å². The molecule has 0 atom stereocenters. The van der Waals surface area contributed by atoms with E-state index in [1.807, 2.05) is 30.3 Å². The molecule has 0 bridgehead atoms. The Bertz CT molecular complexity index is 861. The molecule has 2 heterocycles. The minimum atomic E-state index is -0.211. The number of H-pyrrole nitrogens is 2. The zero-order valence-electron chi connectivity index (χ0n) is 10.4.